The van der Waals surface area contributed by atoms with Gasteiger partial charge in [0.15, 0.2) is 0 Å². The Hall–Kier alpha value is -1.35. The zero-order valence-corrected chi connectivity index (χ0v) is 10.9. The second-order valence-corrected chi connectivity index (χ2v) is 5.19. The minimum absolute atomic E-state index is 0.140. The number of aryl methyl sites for hydroxylation is 2. The zero-order valence-electron chi connectivity index (χ0n) is 10.9. The lowest BCUT2D eigenvalue weighted by Crippen LogP contribution is -2.45. The molecule has 1 aromatic rings. The Morgan fingerprint density at radius 2 is 2.06 bits per heavy atom. The van der Waals surface area contributed by atoms with Crippen LogP contribution in [0, 0.1) is 13.8 Å². The number of aliphatic carboxylic acids is 1. The van der Waals surface area contributed by atoms with Crippen molar-refractivity contribution in [3.63, 3.8) is 0 Å². The lowest BCUT2D eigenvalue weighted by atomic mass is 9.84. The molecule has 1 aromatic carbocycles. The first-order valence-corrected chi connectivity index (χ1v) is 5.83. The van der Waals surface area contributed by atoms with Gasteiger partial charge in [-0.25, -0.2) is 0 Å². The summed E-state index contributed by atoms with van der Waals surface area (Å²) in [4.78, 5) is 11.0. The maximum atomic E-state index is 11.0. The van der Waals surface area contributed by atoms with E-state index in [2.05, 4.69) is 18.2 Å². The van der Waals surface area contributed by atoms with Crippen molar-refractivity contribution in [1.82, 2.24) is 0 Å². The Morgan fingerprint density at radius 3 is 2.59 bits per heavy atom. The fraction of sp³-hybridized carbons (Fsp3) is 0.500. The highest BCUT2D eigenvalue weighted by atomic mass is 16.4. The molecule has 1 rings (SSSR count). The van der Waals surface area contributed by atoms with E-state index in [-0.39, 0.29) is 5.92 Å². The van der Waals surface area contributed by atoms with Gasteiger partial charge in [0.25, 0.3) is 0 Å². The fourth-order valence-corrected chi connectivity index (χ4v) is 2.12. The number of carboxylic acids is 1. The van der Waals surface area contributed by atoms with Gasteiger partial charge in [-0.05, 0) is 44.2 Å². The first-order chi connectivity index (χ1) is 7.74. The van der Waals surface area contributed by atoms with Gasteiger partial charge in [-0.2, -0.15) is 0 Å². The van der Waals surface area contributed by atoms with Gasteiger partial charge in [-0.3, -0.25) is 4.79 Å². The van der Waals surface area contributed by atoms with Crippen LogP contribution in [0.15, 0.2) is 18.2 Å². The predicted molar refractivity (Wildman–Crippen MR) is 69.2 cm³/mol. The third-order valence-corrected chi connectivity index (χ3v) is 3.18. The van der Waals surface area contributed by atoms with Gasteiger partial charge in [0, 0.05) is 0 Å². The number of carboxylic acid groups (broad SMARTS) is 1. The number of rotatable bonds is 4. The van der Waals surface area contributed by atoms with Crippen molar-refractivity contribution in [2.45, 2.75) is 45.6 Å². The molecule has 3 heteroatoms. The molecule has 0 saturated carbocycles. The SMILES string of the molecule is Cc1ccc(C)c(C(C)CC(C)(N)C(=O)O)c1. The monoisotopic (exact) mass is 235 g/mol. The van der Waals surface area contributed by atoms with E-state index >= 15 is 0 Å². The van der Waals surface area contributed by atoms with E-state index < -0.39 is 11.5 Å². The van der Waals surface area contributed by atoms with E-state index in [0.717, 1.165) is 0 Å². The minimum atomic E-state index is -1.17. The number of benzene rings is 1. The summed E-state index contributed by atoms with van der Waals surface area (Å²) in [5.41, 5.74) is 8.17. The van der Waals surface area contributed by atoms with Gasteiger partial charge in [0.05, 0.1) is 0 Å². The number of hydrogen-bond acceptors (Lipinski definition) is 2. The van der Waals surface area contributed by atoms with Crippen LogP contribution in [0.2, 0.25) is 0 Å². The average molecular weight is 235 g/mol. The largest absolute Gasteiger partial charge is 0.480 e. The highest BCUT2D eigenvalue weighted by Crippen LogP contribution is 2.27. The number of hydrogen-bond donors (Lipinski definition) is 2. The van der Waals surface area contributed by atoms with Crippen molar-refractivity contribution in [3.05, 3.63) is 34.9 Å². The second kappa shape index (κ2) is 4.88. The quantitative estimate of drug-likeness (QED) is 0.843. The van der Waals surface area contributed by atoms with E-state index in [0.29, 0.717) is 6.42 Å². The van der Waals surface area contributed by atoms with Gasteiger partial charge in [0.1, 0.15) is 5.54 Å². The minimum Gasteiger partial charge on any atom is -0.480 e. The molecular weight excluding hydrogens is 214 g/mol. The molecular formula is C14H21NO2. The maximum Gasteiger partial charge on any atom is 0.323 e. The van der Waals surface area contributed by atoms with Crippen molar-refractivity contribution in [3.8, 4) is 0 Å². The summed E-state index contributed by atoms with van der Waals surface area (Å²) < 4.78 is 0. The highest BCUT2D eigenvalue weighted by Gasteiger charge is 2.30. The van der Waals surface area contributed by atoms with Crippen molar-refractivity contribution in [2.75, 3.05) is 0 Å². The summed E-state index contributed by atoms with van der Waals surface area (Å²) in [5, 5.41) is 9.04. The Labute approximate surface area is 103 Å². The van der Waals surface area contributed by atoms with Crippen LogP contribution in [0.5, 0.6) is 0 Å². The van der Waals surface area contributed by atoms with Crippen LogP contribution >= 0.6 is 0 Å². The van der Waals surface area contributed by atoms with Crippen LogP contribution in [0.1, 0.15) is 42.9 Å². The Kier molecular flexibility index (Phi) is 3.94. The average Bonchev–Trinajstić information content (AvgIpc) is 2.20. The van der Waals surface area contributed by atoms with Crippen molar-refractivity contribution < 1.29 is 9.90 Å². The van der Waals surface area contributed by atoms with Gasteiger partial charge >= 0.3 is 5.97 Å². The maximum absolute atomic E-state index is 11.0. The summed E-state index contributed by atoms with van der Waals surface area (Å²) in [6.07, 6.45) is 0.437. The van der Waals surface area contributed by atoms with E-state index in [1.807, 2.05) is 20.8 Å². The molecule has 0 aromatic heterocycles. The van der Waals surface area contributed by atoms with Crippen LogP contribution in [-0.2, 0) is 4.79 Å². The number of carbonyl (C=O) groups is 1. The van der Waals surface area contributed by atoms with Crippen LogP contribution in [0.25, 0.3) is 0 Å². The van der Waals surface area contributed by atoms with Crippen LogP contribution < -0.4 is 5.73 Å². The molecule has 0 amide bonds. The number of nitrogens with two attached hydrogens (primary N) is 1. The molecule has 0 fully saturated rings. The van der Waals surface area contributed by atoms with Crippen LogP contribution in [-0.4, -0.2) is 16.6 Å². The molecule has 2 atom stereocenters. The first kappa shape index (κ1) is 13.7. The molecule has 0 radical (unpaired) electrons. The van der Waals surface area contributed by atoms with Crippen LogP contribution in [0.4, 0.5) is 0 Å². The smallest absolute Gasteiger partial charge is 0.323 e. The Bertz CT molecular complexity index is 424. The van der Waals surface area contributed by atoms with Gasteiger partial charge in [-0.1, -0.05) is 30.7 Å². The third-order valence-electron chi connectivity index (χ3n) is 3.18. The molecule has 0 aliphatic heterocycles. The Balaban J connectivity index is 2.94. The predicted octanol–water partition coefficient (Wildman–Crippen LogP) is 2.60. The zero-order chi connectivity index (χ0) is 13.2. The van der Waals surface area contributed by atoms with E-state index in [4.69, 9.17) is 10.8 Å². The summed E-state index contributed by atoms with van der Waals surface area (Å²) in [6, 6.07) is 6.23. The van der Waals surface area contributed by atoms with E-state index in [1.54, 1.807) is 6.92 Å². The molecule has 0 heterocycles. The Morgan fingerprint density at radius 1 is 1.47 bits per heavy atom. The summed E-state index contributed by atoms with van der Waals surface area (Å²) >= 11 is 0. The molecule has 3 N–H and O–H groups in total. The fourth-order valence-electron chi connectivity index (χ4n) is 2.12. The van der Waals surface area contributed by atoms with Crippen molar-refractivity contribution >= 4 is 5.97 Å². The molecule has 2 unspecified atom stereocenters. The van der Waals surface area contributed by atoms with Gasteiger partial charge in [0.2, 0.25) is 0 Å². The molecule has 0 saturated heterocycles. The summed E-state index contributed by atoms with van der Waals surface area (Å²) in [7, 11) is 0. The molecule has 0 spiro atoms. The van der Waals surface area contributed by atoms with Gasteiger partial charge in [-0.15, -0.1) is 0 Å². The highest BCUT2D eigenvalue weighted by molar-refractivity contribution is 5.77. The van der Waals surface area contributed by atoms with E-state index in [1.165, 1.54) is 16.7 Å². The standard InChI is InChI=1S/C14H21NO2/c1-9-5-6-10(2)12(7-9)11(3)8-14(4,15)13(16)17/h5-7,11H,8,15H2,1-4H3,(H,16,17). The first-order valence-electron chi connectivity index (χ1n) is 5.83. The molecule has 0 bridgehead atoms. The normalized spacial score (nSPS) is 16.3. The van der Waals surface area contributed by atoms with Crippen molar-refractivity contribution in [1.29, 1.82) is 0 Å². The molecule has 0 aliphatic carbocycles. The van der Waals surface area contributed by atoms with Crippen molar-refractivity contribution in [2.24, 2.45) is 5.73 Å². The van der Waals surface area contributed by atoms with Gasteiger partial charge < -0.3 is 10.8 Å². The molecule has 94 valence electrons. The third kappa shape index (κ3) is 3.30. The summed E-state index contributed by atoms with van der Waals surface area (Å²) in [6.45, 7) is 7.67. The van der Waals surface area contributed by atoms with E-state index in [9.17, 15) is 4.79 Å². The second-order valence-electron chi connectivity index (χ2n) is 5.19. The topological polar surface area (TPSA) is 63.3 Å². The summed E-state index contributed by atoms with van der Waals surface area (Å²) in [5.74, 6) is -0.810. The molecule has 3 nitrogen and oxygen atoms in total. The molecule has 17 heavy (non-hydrogen) atoms. The molecule has 0 aliphatic rings. The van der Waals surface area contributed by atoms with Crippen LogP contribution in [0.3, 0.4) is 0 Å². The lowest BCUT2D eigenvalue weighted by molar-refractivity contribution is -0.143. The lowest BCUT2D eigenvalue weighted by Gasteiger charge is -2.25.